The van der Waals surface area contributed by atoms with Crippen molar-refractivity contribution in [2.24, 2.45) is 0 Å². The fourth-order valence-corrected chi connectivity index (χ4v) is 2.66. The molecule has 18 heavy (non-hydrogen) atoms. The number of aryl methyl sites for hydroxylation is 2. The number of hydrogen-bond acceptors (Lipinski definition) is 5. The first-order valence-electron chi connectivity index (χ1n) is 5.68. The van der Waals surface area contributed by atoms with E-state index in [2.05, 4.69) is 38.8 Å². The van der Waals surface area contributed by atoms with Crippen molar-refractivity contribution < 1.29 is 0 Å². The van der Waals surface area contributed by atoms with Gasteiger partial charge in [-0.1, -0.05) is 0 Å². The summed E-state index contributed by atoms with van der Waals surface area (Å²) in [5.41, 5.74) is 2.24. The maximum atomic E-state index is 4.31. The van der Waals surface area contributed by atoms with Crippen molar-refractivity contribution in [2.75, 3.05) is 5.32 Å². The average Bonchev–Trinajstić information content (AvgIpc) is 2.94. The predicted molar refractivity (Wildman–Crippen MR) is 71.9 cm³/mol. The molecule has 0 bridgehead atoms. The van der Waals surface area contributed by atoms with Crippen LogP contribution in [0.3, 0.4) is 0 Å². The highest BCUT2D eigenvalue weighted by molar-refractivity contribution is 7.10. The van der Waals surface area contributed by atoms with Gasteiger partial charge in [-0.2, -0.15) is 14.6 Å². The molecule has 3 aromatic rings. The monoisotopic (exact) mass is 259 g/mol. The number of anilines is 1. The van der Waals surface area contributed by atoms with Gasteiger partial charge < -0.3 is 5.32 Å². The molecule has 0 unspecified atom stereocenters. The molecule has 3 aromatic heterocycles. The van der Waals surface area contributed by atoms with Crippen molar-refractivity contribution in [2.45, 2.75) is 20.4 Å². The van der Waals surface area contributed by atoms with Crippen LogP contribution in [0.5, 0.6) is 0 Å². The molecule has 3 heterocycles. The SMILES string of the molecule is Cc1cc(NCc2sccc2C)n2ncnc2n1. The maximum absolute atomic E-state index is 4.31. The van der Waals surface area contributed by atoms with E-state index in [0.717, 1.165) is 18.1 Å². The lowest BCUT2D eigenvalue weighted by Gasteiger charge is -2.08. The van der Waals surface area contributed by atoms with Gasteiger partial charge in [0.1, 0.15) is 12.1 Å². The third kappa shape index (κ3) is 1.95. The van der Waals surface area contributed by atoms with Crippen molar-refractivity contribution in [3.63, 3.8) is 0 Å². The Labute approximate surface area is 109 Å². The minimum Gasteiger partial charge on any atom is -0.365 e. The number of nitrogens with one attached hydrogen (secondary N) is 1. The molecule has 0 aromatic carbocycles. The molecular formula is C12H13N5S. The Bertz CT molecular complexity index is 685. The highest BCUT2D eigenvalue weighted by atomic mass is 32.1. The van der Waals surface area contributed by atoms with Crippen LogP contribution in [0, 0.1) is 13.8 Å². The zero-order chi connectivity index (χ0) is 12.5. The van der Waals surface area contributed by atoms with Crippen LogP contribution >= 0.6 is 11.3 Å². The Balaban J connectivity index is 1.90. The standard InChI is InChI=1S/C12H13N5S/c1-8-3-4-18-10(8)6-13-11-5-9(2)16-12-14-7-15-17(11)12/h3-5,7,13H,6H2,1-2H3. The van der Waals surface area contributed by atoms with E-state index >= 15 is 0 Å². The summed E-state index contributed by atoms with van der Waals surface area (Å²) in [4.78, 5) is 9.75. The minimum absolute atomic E-state index is 0.625. The second kappa shape index (κ2) is 4.38. The van der Waals surface area contributed by atoms with E-state index in [0.29, 0.717) is 5.78 Å². The summed E-state index contributed by atoms with van der Waals surface area (Å²) in [6.45, 7) is 4.87. The summed E-state index contributed by atoms with van der Waals surface area (Å²) in [5, 5.41) is 9.66. The molecule has 92 valence electrons. The smallest absolute Gasteiger partial charge is 0.254 e. The van der Waals surface area contributed by atoms with Crippen molar-refractivity contribution in [1.29, 1.82) is 0 Å². The first-order valence-corrected chi connectivity index (χ1v) is 6.56. The third-order valence-corrected chi connectivity index (χ3v) is 3.80. The van der Waals surface area contributed by atoms with Crippen LogP contribution in [-0.4, -0.2) is 19.6 Å². The van der Waals surface area contributed by atoms with E-state index in [1.807, 2.05) is 13.0 Å². The number of hydrogen-bond donors (Lipinski definition) is 1. The summed E-state index contributed by atoms with van der Waals surface area (Å²) in [6.07, 6.45) is 1.52. The first-order chi connectivity index (χ1) is 8.74. The molecule has 0 radical (unpaired) electrons. The molecule has 0 fully saturated rings. The van der Waals surface area contributed by atoms with Crippen LogP contribution in [0.2, 0.25) is 0 Å². The van der Waals surface area contributed by atoms with Gasteiger partial charge in [0, 0.05) is 16.6 Å². The molecule has 0 amide bonds. The molecule has 0 aliphatic rings. The lowest BCUT2D eigenvalue weighted by Crippen LogP contribution is -2.06. The molecule has 3 rings (SSSR count). The predicted octanol–water partition coefficient (Wildman–Crippen LogP) is 2.41. The number of fused-ring (bicyclic) bond motifs is 1. The van der Waals surface area contributed by atoms with Gasteiger partial charge >= 0.3 is 0 Å². The molecule has 0 saturated heterocycles. The normalized spacial score (nSPS) is 11.0. The first kappa shape index (κ1) is 11.2. The minimum atomic E-state index is 0.625. The third-order valence-electron chi connectivity index (χ3n) is 2.78. The van der Waals surface area contributed by atoms with E-state index in [1.54, 1.807) is 15.9 Å². The Morgan fingerprint density at radius 1 is 1.39 bits per heavy atom. The molecule has 6 heteroatoms. The molecule has 0 saturated carbocycles. The fourth-order valence-electron chi connectivity index (χ4n) is 1.81. The van der Waals surface area contributed by atoms with E-state index in [9.17, 15) is 0 Å². The van der Waals surface area contributed by atoms with Gasteiger partial charge in [-0.05, 0) is 30.9 Å². The molecule has 1 N–H and O–H groups in total. The van der Waals surface area contributed by atoms with Crippen LogP contribution in [0.1, 0.15) is 16.1 Å². The molecule has 5 nitrogen and oxygen atoms in total. The van der Waals surface area contributed by atoms with Crippen molar-refractivity contribution in [3.05, 3.63) is 40.0 Å². The van der Waals surface area contributed by atoms with Gasteiger partial charge in [0.2, 0.25) is 0 Å². The van der Waals surface area contributed by atoms with Crippen LogP contribution < -0.4 is 5.32 Å². The van der Waals surface area contributed by atoms with Gasteiger partial charge in [-0.25, -0.2) is 4.98 Å². The van der Waals surface area contributed by atoms with Gasteiger partial charge in [-0.15, -0.1) is 11.3 Å². The fraction of sp³-hybridized carbons (Fsp3) is 0.250. The molecule has 0 aliphatic heterocycles. The summed E-state index contributed by atoms with van der Waals surface area (Å²) < 4.78 is 1.72. The van der Waals surface area contributed by atoms with Crippen molar-refractivity contribution >= 4 is 22.9 Å². The largest absolute Gasteiger partial charge is 0.365 e. The zero-order valence-electron chi connectivity index (χ0n) is 10.2. The second-order valence-electron chi connectivity index (χ2n) is 4.13. The van der Waals surface area contributed by atoms with Crippen molar-refractivity contribution in [3.8, 4) is 0 Å². The molecular weight excluding hydrogens is 246 g/mol. The van der Waals surface area contributed by atoms with Crippen LogP contribution in [0.25, 0.3) is 5.78 Å². The van der Waals surface area contributed by atoms with E-state index in [4.69, 9.17) is 0 Å². The van der Waals surface area contributed by atoms with E-state index in [1.165, 1.54) is 16.8 Å². The van der Waals surface area contributed by atoms with Crippen LogP contribution in [-0.2, 0) is 6.54 Å². The summed E-state index contributed by atoms with van der Waals surface area (Å²) in [5.74, 6) is 1.54. The summed E-state index contributed by atoms with van der Waals surface area (Å²) in [6, 6.07) is 4.11. The molecule has 0 aliphatic carbocycles. The van der Waals surface area contributed by atoms with E-state index in [-0.39, 0.29) is 0 Å². The Kier molecular flexibility index (Phi) is 2.71. The quantitative estimate of drug-likeness (QED) is 0.784. The number of rotatable bonds is 3. The number of nitrogens with zero attached hydrogens (tertiary/aromatic N) is 4. The lowest BCUT2D eigenvalue weighted by molar-refractivity contribution is 0.918. The molecule has 0 spiro atoms. The number of aromatic nitrogens is 4. The zero-order valence-corrected chi connectivity index (χ0v) is 11.0. The Hall–Kier alpha value is -1.95. The van der Waals surface area contributed by atoms with E-state index < -0.39 is 0 Å². The highest BCUT2D eigenvalue weighted by Crippen LogP contribution is 2.18. The Morgan fingerprint density at radius 3 is 3.06 bits per heavy atom. The van der Waals surface area contributed by atoms with Gasteiger partial charge in [0.25, 0.3) is 5.78 Å². The second-order valence-corrected chi connectivity index (χ2v) is 5.14. The van der Waals surface area contributed by atoms with Crippen LogP contribution in [0.4, 0.5) is 5.82 Å². The van der Waals surface area contributed by atoms with Gasteiger partial charge in [0.05, 0.1) is 6.54 Å². The summed E-state index contributed by atoms with van der Waals surface area (Å²) in [7, 11) is 0. The van der Waals surface area contributed by atoms with Gasteiger partial charge in [0.15, 0.2) is 0 Å². The lowest BCUT2D eigenvalue weighted by atomic mass is 10.3. The average molecular weight is 259 g/mol. The number of thiophene rings is 1. The van der Waals surface area contributed by atoms with Crippen molar-refractivity contribution in [1.82, 2.24) is 19.6 Å². The molecule has 0 atom stereocenters. The summed E-state index contributed by atoms with van der Waals surface area (Å²) >= 11 is 1.76. The topological polar surface area (TPSA) is 55.1 Å². The Morgan fingerprint density at radius 2 is 2.28 bits per heavy atom. The van der Waals surface area contributed by atoms with Crippen LogP contribution in [0.15, 0.2) is 23.8 Å². The maximum Gasteiger partial charge on any atom is 0.254 e. The van der Waals surface area contributed by atoms with Gasteiger partial charge in [-0.3, -0.25) is 0 Å². The highest BCUT2D eigenvalue weighted by Gasteiger charge is 2.06.